The predicted octanol–water partition coefficient (Wildman–Crippen LogP) is 9.16. The first-order valence-electron chi connectivity index (χ1n) is 15.7. The van der Waals surface area contributed by atoms with Gasteiger partial charge in [-0.2, -0.15) is 0 Å². The SMILES string of the molecule is CC(C)CCC[C@@H](C)[C@H]1CCC2C3CC=C4CC(OC(=O)c5cccc([N+](=O)[O-])c5)CC[C@]4(C)C3CC[C@@]21C. The van der Waals surface area contributed by atoms with Crippen LogP contribution in [-0.4, -0.2) is 17.0 Å². The van der Waals surface area contributed by atoms with Crippen LogP contribution >= 0.6 is 0 Å². The highest BCUT2D eigenvalue weighted by molar-refractivity contribution is 5.90. The molecule has 3 saturated carbocycles. The van der Waals surface area contributed by atoms with Gasteiger partial charge in [-0.3, -0.25) is 10.1 Å². The number of carbonyl (C=O) groups is 1. The van der Waals surface area contributed by atoms with Crippen molar-refractivity contribution in [2.75, 3.05) is 0 Å². The van der Waals surface area contributed by atoms with E-state index < -0.39 is 10.9 Å². The van der Waals surface area contributed by atoms with Crippen LogP contribution in [0.3, 0.4) is 0 Å². The van der Waals surface area contributed by atoms with Crippen LogP contribution in [0.5, 0.6) is 0 Å². The van der Waals surface area contributed by atoms with Crippen LogP contribution in [0.2, 0.25) is 0 Å². The van der Waals surface area contributed by atoms with E-state index in [0.717, 1.165) is 54.8 Å². The zero-order chi connectivity index (χ0) is 27.9. The van der Waals surface area contributed by atoms with E-state index in [4.69, 9.17) is 4.74 Å². The number of allylic oxidation sites excluding steroid dienone is 1. The van der Waals surface area contributed by atoms with Crippen LogP contribution in [0, 0.1) is 56.5 Å². The first-order valence-corrected chi connectivity index (χ1v) is 15.7. The average molecular weight is 536 g/mol. The summed E-state index contributed by atoms with van der Waals surface area (Å²) in [5, 5.41) is 11.1. The van der Waals surface area contributed by atoms with E-state index in [-0.39, 0.29) is 22.8 Å². The molecule has 0 saturated heterocycles. The van der Waals surface area contributed by atoms with Crippen molar-refractivity contribution < 1.29 is 14.5 Å². The minimum Gasteiger partial charge on any atom is -0.458 e. The summed E-state index contributed by atoms with van der Waals surface area (Å²) in [4.78, 5) is 23.5. The fourth-order valence-electron chi connectivity index (χ4n) is 9.72. The number of fused-ring (bicyclic) bond motifs is 5. The molecule has 1 aromatic carbocycles. The Bertz CT molecular complexity index is 1110. The third kappa shape index (κ3) is 5.32. The minimum absolute atomic E-state index is 0.0786. The zero-order valence-corrected chi connectivity index (χ0v) is 24.8. The molecule has 39 heavy (non-hydrogen) atoms. The Kier molecular flexibility index (Phi) is 8.01. The highest BCUT2D eigenvalue weighted by atomic mass is 16.6. The van der Waals surface area contributed by atoms with Crippen molar-refractivity contribution >= 4 is 11.7 Å². The summed E-state index contributed by atoms with van der Waals surface area (Å²) in [6, 6.07) is 5.87. The third-order valence-electron chi connectivity index (χ3n) is 11.8. The molecule has 214 valence electrons. The number of nitro groups is 1. The van der Waals surface area contributed by atoms with Gasteiger partial charge in [0.15, 0.2) is 0 Å². The fourth-order valence-corrected chi connectivity index (χ4v) is 9.72. The smallest absolute Gasteiger partial charge is 0.338 e. The molecule has 4 aliphatic rings. The summed E-state index contributed by atoms with van der Waals surface area (Å²) in [5.41, 5.74) is 2.37. The Hall–Kier alpha value is -2.17. The lowest BCUT2D eigenvalue weighted by Crippen LogP contribution is -2.51. The van der Waals surface area contributed by atoms with Crippen molar-refractivity contribution in [3.63, 3.8) is 0 Å². The van der Waals surface area contributed by atoms with Gasteiger partial charge in [-0.15, -0.1) is 0 Å². The molecule has 4 aliphatic carbocycles. The highest BCUT2D eigenvalue weighted by Gasteiger charge is 2.59. The number of nitrogens with zero attached hydrogens (tertiary/aromatic N) is 1. The summed E-state index contributed by atoms with van der Waals surface area (Å²) < 4.78 is 5.91. The van der Waals surface area contributed by atoms with Gasteiger partial charge in [-0.1, -0.05) is 71.6 Å². The zero-order valence-electron chi connectivity index (χ0n) is 24.8. The Labute approximate surface area is 235 Å². The summed E-state index contributed by atoms with van der Waals surface area (Å²) in [6.45, 7) is 12.4. The Balaban J connectivity index is 1.25. The van der Waals surface area contributed by atoms with Gasteiger partial charge in [0.1, 0.15) is 6.10 Å². The second-order valence-corrected chi connectivity index (χ2v) is 14.4. The van der Waals surface area contributed by atoms with Crippen molar-refractivity contribution in [2.45, 2.75) is 111 Å². The van der Waals surface area contributed by atoms with E-state index in [1.54, 1.807) is 12.1 Å². The number of rotatable bonds is 8. The third-order valence-corrected chi connectivity index (χ3v) is 11.8. The van der Waals surface area contributed by atoms with E-state index in [2.05, 4.69) is 40.7 Å². The second kappa shape index (κ2) is 11.0. The molecule has 0 aromatic heterocycles. The van der Waals surface area contributed by atoms with Crippen molar-refractivity contribution in [2.24, 2.45) is 46.3 Å². The van der Waals surface area contributed by atoms with Gasteiger partial charge in [-0.05, 0) is 97.3 Å². The van der Waals surface area contributed by atoms with Crippen molar-refractivity contribution in [3.05, 3.63) is 51.6 Å². The van der Waals surface area contributed by atoms with E-state index in [1.807, 2.05) is 0 Å². The molecule has 5 nitrogen and oxygen atoms in total. The number of carbonyl (C=O) groups excluding carboxylic acids is 1. The Morgan fingerprint density at radius 3 is 2.62 bits per heavy atom. The number of ether oxygens (including phenoxy) is 1. The standard InChI is InChI=1S/C34H49NO4/c1-22(2)8-6-9-23(3)29-14-15-30-28-13-12-25-21-27(16-18-33(25,4)31(28)17-19-34(29,30)5)39-32(36)24-10-7-11-26(20-24)35(37)38/h7,10-12,20,22-23,27-31H,6,8-9,13-19,21H2,1-5H3/t23-,27?,28?,29-,30?,31?,33+,34-/m1/s1. The quantitative estimate of drug-likeness (QED) is 0.144. The van der Waals surface area contributed by atoms with Crippen molar-refractivity contribution in [3.8, 4) is 0 Å². The van der Waals surface area contributed by atoms with E-state index in [9.17, 15) is 14.9 Å². The topological polar surface area (TPSA) is 69.4 Å². The number of esters is 1. The van der Waals surface area contributed by atoms with Gasteiger partial charge < -0.3 is 4.74 Å². The molecule has 0 aliphatic heterocycles. The molecular formula is C34H49NO4. The molecule has 0 radical (unpaired) electrons. The van der Waals surface area contributed by atoms with Crippen LogP contribution in [0.15, 0.2) is 35.9 Å². The van der Waals surface area contributed by atoms with Crippen LogP contribution < -0.4 is 0 Å². The predicted molar refractivity (Wildman–Crippen MR) is 155 cm³/mol. The molecule has 0 heterocycles. The molecule has 0 amide bonds. The lowest BCUT2D eigenvalue weighted by molar-refractivity contribution is -0.384. The molecular weight excluding hydrogens is 486 g/mol. The summed E-state index contributed by atoms with van der Waals surface area (Å²) in [6.07, 6.45) is 15.9. The maximum Gasteiger partial charge on any atom is 0.338 e. The first-order chi connectivity index (χ1) is 18.5. The maximum absolute atomic E-state index is 12.8. The van der Waals surface area contributed by atoms with E-state index in [0.29, 0.717) is 5.41 Å². The highest BCUT2D eigenvalue weighted by Crippen LogP contribution is 2.67. The summed E-state index contributed by atoms with van der Waals surface area (Å²) >= 11 is 0. The van der Waals surface area contributed by atoms with E-state index in [1.165, 1.54) is 69.1 Å². The number of benzene rings is 1. The van der Waals surface area contributed by atoms with E-state index >= 15 is 0 Å². The summed E-state index contributed by atoms with van der Waals surface area (Å²) in [7, 11) is 0. The minimum atomic E-state index is -0.471. The number of hydrogen-bond donors (Lipinski definition) is 0. The molecule has 0 N–H and O–H groups in total. The number of nitro benzene ring substituents is 1. The molecule has 0 bridgehead atoms. The lowest BCUT2D eigenvalue weighted by atomic mass is 9.47. The Morgan fingerprint density at radius 1 is 1.08 bits per heavy atom. The number of non-ortho nitro benzene ring substituents is 1. The van der Waals surface area contributed by atoms with Crippen LogP contribution in [-0.2, 0) is 4.74 Å². The Morgan fingerprint density at radius 2 is 1.87 bits per heavy atom. The van der Waals surface area contributed by atoms with Crippen LogP contribution in [0.25, 0.3) is 0 Å². The molecule has 8 atom stereocenters. The number of hydrogen-bond acceptors (Lipinski definition) is 4. The lowest BCUT2D eigenvalue weighted by Gasteiger charge is -2.58. The monoisotopic (exact) mass is 535 g/mol. The fraction of sp³-hybridized carbons (Fsp3) is 0.735. The van der Waals surface area contributed by atoms with Crippen molar-refractivity contribution in [1.29, 1.82) is 0 Å². The molecule has 3 fully saturated rings. The molecule has 5 rings (SSSR count). The second-order valence-electron chi connectivity index (χ2n) is 14.4. The first kappa shape index (κ1) is 28.4. The molecule has 4 unspecified atom stereocenters. The van der Waals surface area contributed by atoms with Gasteiger partial charge in [0, 0.05) is 18.6 Å². The normalized spacial score (nSPS) is 36.4. The van der Waals surface area contributed by atoms with Gasteiger partial charge in [0.25, 0.3) is 5.69 Å². The molecule has 0 spiro atoms. The average Bonchev–Trinajstić information content (AvgIpc) is 3.26. The molecule has 5 heteroatoms. The van der Waals surface area contributed by atoms with Crippen molar-refractivity contribution in [1.82, 2.24) is 0 Å². The van der Waals surface area contributed by atoms with Gasteiger partial charge >= 0.3 is 5.97 Å². The van der Waals surface area contributed by atoms with Gasteiger partial charge in [-0.25, -0.2) is 4.79 Å². The van der Waals surface area contributed by atoms with Crippen LogP contribution in [0.4, 0.5) is 5.69 Å². The largest absolute Gasteiger partial charge is 0.458 e. The summed E-state index contributed by atoms with van der Waals surface area (Å²) in [5.74, 6) is 4.42. The maximum atomic E-state index is 12.8. The van der Waals surface area contributed by atoms with Crippen LogP contribution in [0.1, 0.15) is 116 Å². The van der Waals surface area contributed by atoms with Gasteiger partial charge in [0.05, 0.1) is 10.5 Å². The van der Waals surface area contributed by atoms with Gasteiger partial charge in [0.2, 0.25) is 0 Å². The molecule has 1 aromatic rings.